The molecular weight excluding hydrogens is 524 g/mol. The first-order valence-corrected chi connectivity index (χ1v) is 11.6. The highest BCUT2D eigenvalue weighted by atomic mass is 79.9. The Morgan fingerprint density at radius 1 is 1.00 bits per heavy atom. The van der Waals surface area contributed by atoms with Crippen molar-refractivity contribution < 1.29 is 32.6 Å². The molecule has 6 nitrogen and oxygen atoms in total. The number of methoxy groups -OCH3 is 1. The average molecular weight is 546 g/mol. The third kappa shape index (κ3) is 5.52. The molecule has 1 aliphatic rings. The molecule has 3 aromatic carbocycles. The lowest BCUT2D eigenvalue weighted by molar-refractivity contribution is 0.0302. The van der Waals surface area contributed by atoms with Gasteiger partial charge in [0, 0.05) is 23.1 Å². The molecule has 0 atom stereocenters. The maximum absolute atomic E-state index is 13.8. The van der Waals surface area contributed by atoms with Crippen LogP contribution in [-0.2, 0) is 16.1 Å². The average Bonchev–Trinajstić information content (AvgIpc) is 2.88. The fourth-order valence-corrected chi connectivity index (χ4v) is 4.40. The fraction of sp³-hybridized carbons (Fsp3) is 0.231. The lowest BCUT2D eigenvalue weighted by atomic mass is 9.94. The molecule has 0 saturated carbocycles. The Bertz CT molecular complexity index is 1230. The minimum Gasteiger partial charge on any atom is -0.487 e. The highest BCUT2D eigenvalue weighted by Gasteiger charge is 2.30. The van der Waals surface area contributed by atoms with E-state index in [9.17, 15) is 18.4 Å². The van der Waals surface area contributed by atoms with E-state index in [1.54, 1.807) is 17.0 Å². The summed E-state index contributed by atoms with van der Waals surface area (Å²) in [6.45, 7) is 1.61. The molecule has 1 aliphatic heterocycles. The van der Waals surface area contributed by atoms with E-state index < -0.39 is 17.6 Å². The number of nitrogens with zero attached hydrogens (tertiary/aromatic N) is 1. The second-order valence-electron chi connectivity index (χ2n) is 7.80. The van der Waals surface area contributed by atoms with Crippen molar-refractivity contribution in [2.45, 2.75) is 6.61 Å². The number of morpholine rings is 1. The summed E-state index contributed by atoms with van der Waals surface area (Å²) in [6, 6.07) is 12.8. The molecular formula is C26H22BrF2NO5. The zero-order valence-corrected chi connectivity index (χ0v) is 20.4. The molecule has 0 N–H and O–H groups in total. The Morgan fingerprint density at radius 3 is 2.20 bits per heavy atom. The van der Waals surface area contributed by atoms with Crippen molar-refractivity contribution in [1.82, 2.24) is 4.90 Å². The normalized spacial score (nSPS) is 13.4. The molecule has 1 amide bonds. The van der Waals surface area contributed by atoms with E-state index in [2.05, 4.69) is 15.9 Å². The van der Waals surface area contributed by atoms with Crippen LogP contribution < -0.4 is 4.74 Å². The van der Waals surface area contributed by atoms with E-state index in [1.165, 1.54) is 49.6 Å². The van der Waals surface area contributed by atoms with Crippen LogP contribution in [0.3, 0.4) is 0 Å². The summed E-state index contributed by atoms with van der Waals surface area (Å²) in [5.74, 6) is -1.70. The molecule has 1 heterocycles. The summed E-state index contributed by atoms with van der Waals surface area (Å²) in [5, 5.41) is 0. The Morgan fingerprint density at radius 2 is 1.60 bits per heavy atom. The van der Waals surface area contributed by atoms with E-state index in [1.807, 2.05) is 0 Å². The van der Waals surface area contributed by atoms with Crippen LogP contribution in [0.1, 0.15) is 26.3 Å². The van der Waals surface area contributed by atoms with Crippen LogP contribution in [0.4, 0.5) is 8.78 Å². The standard InChI is InChI=1S/C26H22BrF2NO5/c1-33-26(32)20-14-21(27)23(25(31)30-10-12-34-13-11-30)22(17-4-8-19(29)9-5-17)24(20)35-15-16-2-6-18(28)7-3-16/h2-9,14H,10-13,15H2,1H3. The minimum absolute atomic E-state index is 0.00864. The molecule has 0 aliphatic carbocycles. The molecule has 0 radical (unpaired) electrons. The lowest BCUT2D eigenvalue weighted by Gasteiger charge is -2.29. The number of hydrogen-bond acceptors (Lipinski definition) is 5. The lowest BCUT2D eigenvalue weighted by Crippen LogP contribution is -2.41. The molecule has 3 aromatic rings. The molecule has 1 saturated heterocycles. The topological polar surface area (TPSA) is 65.1 Å². The van der Waals surface area contributed by atoms with Crippen LogP contribution in [-0.4, -0.2) is 50.2 Å². The van der Waals surface area contributed by atoms with Crippen molar-refractivity contribution in [2.24, 2.45) is 0 Å². The first kappa shape index (κ1) is 24.8. The van der Waals surface area contributed by atoms with Crippen molar-refractivity contribution in [3.05, 3.63) is 87.4 Å². The van der Waals surface area contributed by atoms with E-state index in [4.69, 9.17) is 14.2 Å². The fourth-order valence-electron chi connectivity index (χ4n) is 3.81. The molecule has 0 aromatic heterocycles. The number of esters is 1. The van der Waals surface area contributed by atoms with Gasteiger partial charge in [-0.15, -0.1) is 0 Å². The van der Waals surface area contributed by atoms with Crippen LogP contribution >= 0.6 is 15.9 Å². The van der Waals surface area contributed by atoms with Gasteiger partial charge in [-0.25, -0.2) is 13.6 Å². The quantitative estimate of drug-likeness (QED) is 0.397. The SMILES string of the molecule is COC(=O)c1cc(Br)c(C(=O)N2CCOCC2)c(-c2ccc(F)cc2)c1OCc1ccc(F)cc1. The van der Waals surface area contributed by atoms with Crippen LogP contribution in [0.5, 0.6) is 5.75 Å². The number of carbonyl (C=O) groups is 2. The van der Waals surface area contributed by atoms with Crippen molar-refractivity contribution in [2.75, 3.05) is 33.4 Å². The second kappa shape index (κ2) is 11.0. The third-order valence-electron chi connectivity index (χ3n) is 5.58. The van der Waals surface area contributed by atoms with Crippen LogP contribution in [0.25, 0.3) is 11.1 Å². The van der Waals surface area contributed by atoms with Gasteiger partial charge in [0.2, 0.25) is 0 Å². The highest BCUT2D eigenvalue weighted by Crippen LogP contribution is 2.42. The second-order valence-corrected chi connectivity index (χ2v) is 8.66. The molecule has 0 spiro atoms. The van der Waals surface area contributed by atoms with Gasteiger partial charge < -0.3 is 19.1 Å². The number of benzene rings is 3. The van der Waals surface area contributed by atoms with Gasteiger partial charge in [0.1, 0.15) is 29.6 Å². The summed E-state index contributed by atoms with van der Waals surface area (Å²) in [6.07, 6.45) is 0. The van der Waals surface area contributed by atoms with E-state index in [0.717, 1.165) is 0 Å². The van der Waals surface area contributed by atoms with Gasteiger partial charge in [0.05, 0.1) is 25.9 Å². The summed E-state index contributed by atoms with van der Waals surface area (Å²) < 4.78 is 43.9. The van der Waals surface area contributed by atoms with Gasteiger partial charge in [-0.3, -0.25) is 4.79 Å². The molecule has 1 fully saturated rings. The van der Waals surface area contributed by atoms with Crippen molar-refractivity contribution in [1.29, 1.82) is 0 Å². The van der Waals surface area contributed by atoms with Gasteiger partial charge >= 0.3 is 5.97 Å². The monoisotopic (exact) mass is 545 g/mol. The van der Waals surface area contributed by atoms with Gasteiger partial charge in [-0.1, -0.05) is 24.3 Å². The van der Waals surface area contributed by atoms with Crippen LogP contribution in [0.15, 0.2) is 59.1 Å². The number of halogens is 3. The Kier molecular flexibility index (Phi) is 7.77. The molecule has 0 bridgehead atoms. The Labute approximate surface area is 209 Å². The predicted molar refractivity (Wildman–Crippen MR) is 128 cm³/mol. The highest BCUT2D eigenvalue weighted by molar-refractivity contribution is 9.10. The number of rotatable bonds is 6. The van der Waals surface area contributed by atoms with Gasteiger partial charge in [-0.2, -0.15) is 0 Å². The maximum Gasteiger partial charge on any atom is 0.341 e. The molecule has 4 rings (SSSR count). The van der Waals surface area contributed by atoms with E-state index in [-0.39, 0.29) is 29.4 Å². The maximum atomic E-state index is 13.8. The zero-order chi connectivity index (χ0) is 24.9. The first-order chi connectivity index (χ1) is 16.9. The molecule has 182 valence electrons. The Balaban J connectivity index is 1.90. The number of carbonyl (C=O) groups excluding carboxylic acids is 2. The third-order valence-corrected chi connectivity index (χ3v) is 6.20. The van der Waals surface area contributed by atoms with Crippen LogP contribution in [0.2, 0.25) is 0 Å². The number of hydrogen-bond donors (Lipinski definition) is 0. The van der Waals surface area contributed by atoms with Crippen molar-refractivity contribution in [3.63, 3.8) is 0 Å². The predicted octanol–water partition coefficient (Wildman–Crippen LogP) is 5.23. The largest absolute Gasteiger partial charge is 0.487 e. The van der Waals surface area contributed by atoms with Gasteiger partial charge in [0.15, 0.2) is 0 Å². The van der Waals surface area contributed by atoms with Crippen LogP contribution in [0, 0.1) is 11.6 Å². The van der Waals surface area contributed by atoms with Gasteiger partial charge in [0.25, 0.3) is 5.91 Å². The smallest absolute Gasteiger partial charge is 0.341 e. The van der Waals surface area contributed by atoms with E-state index >= 15 is 0 Å². The Hall–Kier alpha value is -3.30. The number of ether oxygens (including phenoxy) is 3. The molecule has 0 unspecified atom stereocenters. The zero-order valence-electron chi connectivity index (χ0n) is 18.9. The number of amides is 1. The van der Waals surface area contributed by atoms with Crippen molar-refractivity contribution >= 4 is 27.8 Å². The first-order valence-electron chi connectivity index (χ1n) is 10.8. The molecule has 35 heavy (non-hydrogen) atoms. The minimum atomic E-state index is -0.673. The summed E-state index contributed by atoms with van der Waals surface area (Å²) in [5.41, 5.74) is 1.79. The summed E-state index contributed by atoms with van der Waals surface area (Å²) in [4.78, 5) is 28.0. The summed E-state index contributed by atoms with van der Waals surface area (Å²) >= 11 is 3.45. The van der Waals surface area contributed by atoms with Gasteiger partial charge in [-0.05, 0) is 57.4 Å². The van der Waals surface area contributed by atoms with E-state index in [0.29, 0.717) is 47.5 Å². The van der Waals surface area contributed by atoms with Crippen molar-refractivity contribution in [3.8, 4) is 16.9 Å². The molecule has 9 heteroatoms. The summed E-state index contributed by atoms with van der Waals surface area (Å²) in [7, 11) is 1.24.